The van der Waals surface area contributed by atoms with Crippen molar-refractivity contribution in [3.8, 4) is 0 Å². The number of carbonyl (C=O) groups excluding carboxylic acids is 3. The summed E-state index contributed by atoms with van der Waals surface area (Å²) >= 11 is 0. The highest BCUT2D eigenvalue weighted by atomic mass is 19.1. The maximum Gasteiger partial charge on any atom is 0.311 e. The Kier molecular flexibility index (Phi) is 5.97. The predicted molar refractivity (Wildman–Crippen MR) is 124 cm³/mol. The average molecular weight is 497 g/mol. The number of fused-ring (bicyclic) bond motifs is 5. The maximum absolute atomic E-state index is 17.2. The minimum Gasteiger partial charge on any atom is -0.457 e. The number of ketones is 2. The second kappa shape index (κ2) is 7.91. The first-order valence-corrected chi connectivity index (χ1v) is 12.6. The van der Waals surface area contributed by atoms with Crippen molar-refractivity contribution < 1.29 is 38.1 Å². The van der Waals surface area contributed by atoms with Crippen molar-refractivity contribution in [3.63, 3.8) is 0 Å². The number of rotatable bonds is 3. The Morgan fingerprint density at radius 3 is 2.43 bits per heavy atom. The van der Waals surface area contributed by atoms with Crippen molar-refractivity contribution in [2.24, 2.45) is 34.0 Å². The van der Waals surface area contributed by atoms with E-state index >= 15 is 8.78 Å². The van der Waals surface area contributed by atoms with Crippen LogP contribution in [0.15, 0.2) is 11.6 Å². The van der Waals surface area contributed by atoms with E-state index in [-0.39, 0.29) is 43.5 Å². The van der Waals surface area contributed by atoms with Crippen molar-refractivity contribution >= 4 is 17.5 Å². The molecule has 0 unspecified atom stereocenters. The van der Waals surface area contributed by atoms with Gasteiger partial charge in [0.25, 0.3) is 0 Å². The Labute approximate surface area is 205 Å². The van der Waals surface area contributed by atoms with Crippen LogP contribution in [0.25, 0.3) is 0 Å². The number of esters is 1. The quantitative estimate of drug-likeness (QED) is 0.579. The van der Waals surface area contributed by atoms with E-state index in [0.717, 1.165) is 0 Å². The molecule has 3 saturated carbocycles. The Hall–Kier alpha value is -1.67. The first-order chi connectivity index (χ1) is 15.9. The van der Waals surface area contributed by atoms with Crippen molar-refractivity contribution in [1.29, 1.82) is 0 Å². The summed E-state index contributed by atoms with van der Waals surface area (Å²) in [6.45, 7) is 9.29. The van der Waals surface area contributed by atoms with E-state index < -0.39 is 75.9 Å². The molecule has 2 N–H and O–H groups in total. The second-order valence-electron chi connectivity index (χ2n) is 12.9. The molecule has 0 aromatic carbocycles. The standard InChI is InChI=1S/C27H38F2O6/c1-14-9-16-17-11-19(28)18-10-15(30)7-8-24(18,5)26(17,29)20(31)12-25(16,6)27(14,34)21(32)13-35-22(33)23(2,3)4/h10,14,16-17,19-20,31,34H,7-9,11-13H2,1-6H3/t14-,16+,17+,19+,20+,24+,25+,26+,27+/m1/s1. The highest BCUT2D eigenvalue weighted by Crippen LogP contribution is 2.71. The lowest BCUT2D eigenvalue weighted by atomic mass is 9.43. The zero-order valence-electron chi connectivity index (χ0n) is 21.5. The molecule has 9 atom stereocenters. The van der Waals surface area contributed by atoms with Gasteiger partial charge in [0, 0.05) is 23.2 Å². The maximum atomic E-state index is 17.2. The number of allylic oxidation sites excluding steroid dienone is 1. The normalized spacial score (nSPS) is 47.3. The van der Waals surface area contributed by atoms with Crippen molar-refractivity contribution in [2.45, 2.75) is 97.2 Å². The van der Waals surface area contributed by atoms with Crippen LogP contribution >= 0.6 is 0 Å². The number of halogens is 2. The molecule has 3 fully saturated rings. The zero-order chi connectivity index (χ0) is 26.4. The lowest BCUT2D eigenvalue weighted by molar-refractivity contribution is -0.233. The van der Waals surface area contributed by atoms with Crippen LogP contribution in [0.4, 0.5) is 8.78 Å². The molecule has 0 radical (unpaired) electrons. The van der Waals surface area contributed by atoms with E-state index in [1.54, 1.807) is 41.5 Å². The van der Waals surface area contributed by atoms with Crippen molar-refractivity contribution in [1.82, 2.24) is 0 Å². The third-order valence-corrected chi connectivity index (χ3v) is 9.98. The van der Waals surface area contributed by atoms with Gasteiger partial charge in [-0.1, -0.05) is 20.8 Å². The van der Waals surface area contributed by atoms with Gasteiger partial charge in [-0.25, -0.2) is 8.78 Å². The number of Topliss-reactive ketones (excluding diaryl/α,β-unsaturated/α-hetero) is 1. The molecule has 0 aliphatic heterocycles. The van der Waals surface area contributed by atoms with Gasteiger partial charge in [0.2, 0.25) is 5.78 Å². The van der Waals surface area contributed by atoms with Crippen LogP contribution in [0, 0.1) is 34.0 Å². The Balaban J connectivity index is 1.71. The van der Waals surface area contributed by atoms with Gasteiger partial charge in [0.15, 0.2) is 12.4 Å². The highest BCUT2D eigenvalue weighted by Gasteiger charge is 2.76. The van der Waals surface area contributed by atoms with E-state index in [0.29, 0.717) is 0 Å². The summed E-state index contributed by atoms with van der Waals surface area (Å²) in [7, 11) is 0. The molecule has 4 rings (SSSR count). The number of carbonyl (C=O) groups is 3. The Morgan fingerprint density at radius 2 is 1.83 bits per heavy atom. The van der Waals surface area contributed by atoms with Crippen LogP contribution in [-0.4, -0.2) is 57.9 Å². The van der Waals surface area contributed by atoms with Gasteiger partial charge in [-0.2, -0.15) is 0 Å². The van der Waals surface area contributed by atoms with Gasteiger partial charge in [0.1, 0.15) is 17.4 Å². The predicted octanol–water partition coefficient (Wildman–Crippen LogP) is 3.66. The summed E-state index contributed by atoms with van der Waals surface area (Å²) in [6, 6.07) is 0. The molecule has 0 bridgehead atoms. The van der Waals surface area contributed by atoms with Gasteiger partial charge in [-0.05, 0) is 69.9 Å². The number of alkyl halides is 2. The highest BCUT2D eigenvalue weighted by molar-refractivity contribution is 5.92. The minimum atomic E-state index is -2.20. The van der Waals surface area contributed by atoms with E-state index in [2.05, 4.69) is 0 Å². The monoisotopic (exact) mass is 496 g/mol. The first kappa shape index (κ1) is 26.4. The smallest absolute Gasteiger partial charge is 0.311 e. The molecular formula is C27H38F2O6. The van der Waals surface area contributed by atoms with Crippen molar-refractivity contribution in [3.05, 3.63) is 11.6 Å². The fraction of sp³-hybridized carbons (Fsp3) is 0.815. The molecule has 6 nitrogen and oxygen atoms in total. The molecular weight excluding hydrogens is 458 g/mol. The number of aliphatic hydroxyl groups excluding tert-OH is 1. The lowest BCUT2D eigenvalue weighted by Crippen LogP contribution is -2.71. The van der Waals surface area contributed by atoms with E-state index in [1.807, 2.05) is 0 Å². The first-order valence-electron chi connectivity index (χ1n) is 12.6. The molecule has 4 aliphatic carbocycles. The third-order valence-electron chi connectivity index (χ3n) is 9.98. The molecule has 0 saturated heterocycles. The fourth-order valence-electron chi connectivity index (χ4n) is 7.95. The third kappa shape index (κ3) is 3.34. The summed E-state index contributed by atoms with van der Waals surface area (Å²) in [4.78, 5) is 37.6. The SMILES string of the molecule is C[C@@H]1C[C@H]2[C@@H]3C[C@H](F)C4=CC(=O)CC[C@]4(C)[C@@]3(F)[C@@H](O)C[C@]2(C)[C@@]1(O)C(=O)COC(=O)C(C)(C)C. The molecule has 196 valence electrons. The summed E-state index contributed by atoms with van der Waals surface area (Å²) in [5.41, 5.74) is -7.46. The zero-order valence-corrected chi connectivity index (χ0v) is 21.5. The van der Waals surface area contributed by atoms with E-state index in [1.165, 1.54) is 6.08 Å². The van der Waals surface area contributed by atoms with Crippen LogP contribution in [0.2, 0.25) is 0 Å². The number of ether oxygens (including phenoxy) is 1. The number of hydrogen-bond donors (Lipinski definition) is 2. The molecule has 0 aromatic heterocycles. The fourth-order valence-corrected chi connectivity index (χ4v) is 7.95. The van der Waals surface area contributed by atoms with Crippen LogP contribution in [-0.2, 0) is 19.1 Å². The van der Waals surface area contributed by atoms with Crippen LogP contribution in [0.5, 0.6) is 0 Å². The summed E-state index contributed by atoms with van der Waals surface area (Å²) < 4.78 is 37.9. The molecule has 0 spiro atoms. The summed E-state index contributed by atoms with van der Waals surface area (Å²) in [6.07, 6.45) is -1.85. The summed E-state index contributed by atoms with van der Waals surface area (Å²) in [5.74, 6) is -3.63. The van der Waals surface area contributed by atoms with Gasteiger partial charge in [0.05, 0.1) is 11.5 Å². The van der Waals surface area contributed by atoms with Crippen LogP contribution < -0.4 is 0 Å². The van der Waals surface area contributed by atoms with Gasteiger partial charge in [-0.3, -0.25) is 14.4 Å². The van der Waals surface area contributed by atoms with Gasteiger partial charge in [-0.15, -0.1) is 0 Å². The molecule has 4 aliphatic rings. The number of aliphatic hydroxyl groups is 2. The lowest BCUT2D eigenvalue weighted by Gasteiger charge is -2.63. The second-order valence-corrected chi connectivity index (χ2v) is 12.9. The van der Waals surface area contributed by atoms with Crippen molar-refractivity contribution in [2.75, 3.05) is 6.61 Å². The average Bonchev–Trinajstić information content (AvgIpc) is 2.96. The largest absolute Gasteiger partial charge is 0.457 e. The minimum absolute atomic E-state index is 0.0811. The van der Waals surface area contributed by atoms with E-state index in [4.69, 9.17) is 4.74 Å². The van der Waals surface area contributed by atoms with Crippen LogP contribution in [0.1, 0.15) is 73.6 Å². The Bertz CT molecular complexity index is 987. The van der Waals surface area contributed by atoms with Gasteiger partial charge < -0.3 is 14.9 Å². The summed E-state index contributed by atoms with van der Waals surface area (Å²) in [5, 5.41) is 23.2. The molecule has 8 heteroatoms. The van der Waals surface area contributed by atoms with Crippen LogP contribution in [0.3, 0.4) is 0 Å². The molecule has 0 aromatic rings. The molecule has 35 heavy (non-hydrogen) atoms. The van der Waals surface area contributed by atoms with Gasteiger partial charge >= 0.3 is 5.97 Å². The topological polar surface area (TPSA) is 101 Å². The molecule has 0 amide bonds. The number of hydrogen-bond acceptors (Lipinski definition) is 6. The van der Waals surface area contributed by atoms with E-state index in [9.17, 15) is 24.6 Å². The Morgan fingerprint density at radius 1 is 1.20 bits per heavy atom. The molecule has 0 heterocycles.